The van der Waals surface area contributed by atoms with Crippen molar-refractivity contribution in [3.63, 3.8) is 0 Å². The second kappa shape index (κ2) is 4.31. The van der Waals surface area contributed by atoms with E-state index in [4.69, 9.17) is 5.73 Å². The van der Waals surface area contributed by atoms with Gasteiger partial charge in [-0.3, -0.25) is 0 Å². The number of benzene rings is 2. The van der Waals surface area contributed by atoms with Gasteiger partial charge in [-0.05, 0) is 29.3 Å². The van der Waals surface area contributed by atoms with E-state index in [2.05, 4.69) is 0 Å². The lowest BCUT2D eigenvalue weighted by Crippen LogP contribution is -1.98. The van der Waals surface area contributed by atoms with Crippen LogP contribution in [0.2, 0.25) is 0 Å². The highest BCUT2D eigenvalue weighted by atomic mass is 19.1. The topological polar surface area (TPSA) is 26.0 Å². The van der Waals surface area contributed by atoms with E-state index in [0.29, 0.717) is 17.7 Å². The van der Waals surface area contributed by atoms with Gasteiger partial charge in [-0.15, -0.1) is 0 Å². The predicted octanol–water partition coefficient (Wildman–Crippen LogP) is 3.14. The SMILES string of the molecule is Nc1cc(F)ccc1Cc1ccccc1F. The first-order valence-corrected chi connectivity index (χ1v) is 4.94. The van der Waals surface area contributed by atoms with E-state index in [1.54, 1.807) is 24.3 Å². The highest BCUT2D eigenvalue weighted by Crippen LogP contribution is 2.19. The van der Waals surface area contributed by atoms with E-state index in [9.17, 15) is 8.78 Å². The summed E-state index contributed by atoms with van der Waals surface area (Å²) in [5, 5.41) is 0. The van der Waals surface area contributed by atoms with Crippen LogP contribution in [0, 0.1) is 11.6 Å². The van der Waals surface area contributed by atoms with Crippen molar-refractivity contribution >= 4 is 5.69 Å². The maximum absolute atomic E-state index is 13.4. The Kier molecular flexibility index (Phi) is 2.86. The third-order valence-corrected chi connectivity index (χ3v) is 2.45. The van der Waals surface area contributed by atoms with Crippen molar-refractivity contribution in [2.75, 3.05) is 5.73 Å². The van der Waals surface area contributed by atoms with Crippen molar-refractivity contribution in [3.05, 3.63) is 65.2 Å². The van der Waals surface area contributed by atoms with Gasteiger partial charge in [0.25, 0.3) is 0 Å². The zero-order chi connectivity index (χ0) is 11.5. The maximum Gasteiger partial charge on any atom is 0.126 e. The molecule has 0 saturated heterocycles. The molecule has 1 nitrogen and oxygen atoms in total. The molecule has 16 heavy (non-hydrogen) atoms. The Bertz CT molecular complexity index is 509. The molecular weight excluding hydrogens is 208 g/mol. The average Bonchev–Trinajstić information content (AvgIpc) is 2.25. The summed E-state index contributed by atoms with van der Waals surface area (Å²) in [6.45, 7) is 0. The highest BCUT2D eigenvalue weighted by Gasteiger charge is 2.05. The molecule has 0 bridgehead atoms. The van der Waals surface area contributed by atoms with Gasteiger partial charge in [0.2, 0.25) is 0 Å². The van der Waals surface area contributed by atoms with Crippen LogP contribution in [-0.4, -0.2) is 0 Å². The number of rotatable bonds is 2. The molecule has 0 unspecified atom stereocenters. The monoisotopic (exact) mass is 219 g/mol. The molecule has 3 heteroatoms. The minimum atomic E-state index is -0.380. The van der Waals surface area contributed by atoms with Crippen LogP contribution in [0.3, 0.4) is 0 Å². The smallest absolute Gasteiger partial charge is 0.126 e. The van der Waals surface area contributed by atoms with Gasteiger partial charge in [0, 0.05) is 12.1 Å². The van der Waals surface area contributed by atoms with Crippen LogP contribution < -0.4 is 5.73 Å². The van der Waals surface area contributed by atoms with Crippen LogP contribution in [-0.2, 0) is 6.42 Å². The molecule has 0 aliphatic rings. The summed E-state index contributed by atoms with van der Waals surface area (Å²) in [5.41, 5.74) is 7.29. The first-order chi connectivity index (χ1) is 7.66. The number of hydrogen-bond donors (Lipinski definition) is 1. The predicted molar refractivity (Wildman–Crippen MR) is 60.0 cm³/mol. The lowest BCUT2D eigenvalue weighted by atomic mass is 10.0. The average molecular weight is 219 g/mol. The molecule has 2 aromatic rings. The molecular formula is C13H11F2N. The Hall–Kier alpha value is -1.90. The summed E-state index contributed by atoms with van der Waals surface area (Å²) < 4.78 is 26.2. The molecule has 0 aliphatic heterocycles. The number of anilines is 1. The van der Waals surface area contributed by atoms with Gasteiger partial charge in [0.15, 0.2) is 0 Å². The van der Waals surface area contributed by atoms with Crippen LogP contribution in [0.1, 0.15) is 11.1 Å². The molecule has 0 amide bonds. The van der Waals surface area contributed by atoms with Crippen molar-refractivity contribution in [1.82, 2.24) is 0 Å². The number of halogens is 2. The van der Waals surface area contributed by atoms with Gasteiger partial charge < -0.3 is 5.73 Å². The molecule has 2 aromatic carbocycles. The zero-order valence-electron chi connectivity index (χ0n) is 8.58. The Labute approximate surface area is 92.5 Å². The molecule has 2 N–H and O–H groups in total. The van der Waals surface area contributed by atoms with Gasteiger partial charge in [0.05, 0.1) is 0 Å². The molecule has 2 rings (SSSR count). The Morgan fingerprint density at radius 2 is 1.69 bits per heavy atom. The highest BCUT2D eigenvalue weighted by molar-refractivity contribution is 5.49. The zero-order valence-corrected chi connectivity index (χ0v) is 8.58. The number of nitrogens with two attached hydrogens (primary N) is 1. The summed E-state index contributed by atoms with van der Waals surface area (Å²) >= 11 is 0. The number of nitrogen functional groups attached to an aromatic ring is 1. The molecule has 0 spiro atoms. The second-order valence-corrected chi connectivity index (χ2v) is 3.61. The third-order valence-electron chi connectivity index (χ3n) is 2.45. The Balaban J connectivity index is 2.31. The van der Waals surface area contributed by atoms with Crippen LogP contribution in [0.4, 0.5) is 14.5 Å². The molecule has 0 aromatic heterocycles. The molecule has 0 saturated carbocycles. The lowest BCUT2D eigenvalue weighted by molar-refractivity contribution is 0.613. The maximum atomic E-state index is 13.4. The third kappa shape index (κ3) is 2.19. The van der Waals surface area contributed by atoms with E-state index >= 15 is 0 Å². The van der Waals surface area contributed by atoms with E-state index in [1.165, 1.54) is 18.2 Å². The van der Waals surface area contributed by atoms with Crippen molar-refractivity contribution in [2.45, 2.75) is 6.42 Å². The van der Waals surface area contributed by atoms with Gasteiger partial charge >= 0.3 is 0 Å². The lowest BCUT2D eigenvalue weighted by Gasteiger charge is -2.06. The summed E-state index contributed by atoms with van der Waals surface area (Å²) in [7, 11) is 0. The largest absolute Gasteiger partial charge is 0.398 e. The summed E-state index contributed by atoms with van der Waals surface area (Å²) in [6.07, 6.45) is 0.374. The van der Waals surface area contributed by atoms with Crippen LogP contribution in [0.5, 0.6) is 0 Å². The van der Waals surface area contributed by atoms with Gasteiger partial charge in [-0.25, -0.2) is 8.78 Å². The molecule has 0 atom stereocenters. The van der Waals surface area contributed by atoms with E-state index < -0.39 is 0 Å². The van der Waals surface area contributed by atoms with Crippen LogP contribution >= 0.6 is 0 Å². The fourth-order valence-electron chi connectivity index (χ4n) is 1.57. The minimum absolute atomic E-state index is 0.272. The summed E-state index contributed by atoms with van der Waals surface area (Å²) in [4.78, 5) is 0. The van der Waals surface area contributed by atoms with E-state index in [0.717, 1.165) is 5.56 Å². The minimum Gasteiger partial charge on any atom is -0.398 e. The van der Waals surface area contributed by atoms with Crippen LogP contribution in [0.25, 0.3) is 0 Å². The Morgan fingerprint density at radius 3 is 2.38 bits per heavy atom. The summed E-state index contributed by atoms with van der Waals surface area (Å²) in [6, 6.07) is 10.6. The first kappa shape index (κ1) is 10.6. The standard InChI is InChI=1S/C13H11F2N/c14-11-6-5-10(13(16)8-11)7-9-3-1-2-4-12(9)15/h1-6,8H,7,16H2. The Morgan fingerprint density at radius 1 is 0.938 bits per heavy atom. The van der Waals surface area contributed by atoms with Crippen molar-refractivity contribution in [1.29, 1.82) is 0 Å². The fraction of sp³-hybridized carbons (Fsp3) is 0.0769. The van der Waals surface area contributed by atoms with Crippen molar-refractivity contribution in [2.24, 2.45) is 0 Å². The fourth-order valence-corrected chi connectivity index (χ4v) is 1.57. The molecule has 0 aliphatic carbocycles. The van der Waals surface area contributed by atoms with Crippen LogP contribution in [0.15, 0.2) is 42.5 Å². The van der Waals surface area contributed by atoms with E-state index in [1.807, 2.05) is 0 Å². The summed E-state index contributed by atoms with van der Waals surface area (Å²) in [5.74, 6) is -0.652. The molecule has 0 heterocycles. The second-order valence-electron chi connectivity index (χ2n) is 3.61. The van der Waals surface area contributed by atoms with E-state index in [-0.39, 0.29) is 11.6 Å². The van der Waals surface area contributed by atoms with Gasteiger partial charge in [-0.2, -0.15) is 0 Å². The number of hydrogen-bond acceptors (Lipinski definition) is 1. The molecule has 0 radical (unpaired) electrons. The quantitative estimate of drug-likeness (QED) is 0.771. The van der Waals surface area contributed by atoms with Gasteiger partial charge in [-0.1, -0.05) is 24.3 Å². The van der Waals surface area contributed by atoms with Crippen molar-refractivity contribution < 1.29 is 8.78 Å². The first-order valence-electron chi connectivity index (χ1n) is 4.94. The van der Waals surface area contributed by atoms with Crippen molar-refractivity contribution in [3.8, 4) is 0 Å². The normalized spacial score (nSPS) is 10.4. The molecule has 0 fully saturated rings. The molecule has 82 valence electrons. The van der Waals surface area contributed by atoms with Gasteiger partial charge in [0.1, 0.15) is 11.6 Å².